The average Bonchev–Trinajstić information content (AvgIpc) is 2.44. The lowest BCUT2D eigenvalue weighted by Crippen LogP contribution is -2.51. The fraction of sp³-hybridized carbons (Fsp3) is 0.611. The Labute approximate surface area is 138 Å². The Kier molecular flexibility index (Phi) is 5.76. The zero-order valence-electron chi connectivity index (χ0n) is 14.4. The first-order valence-electron chi connectivity index (χ1n) is 8.18. The maximum absolute atomic E-state index is 13.1. The smallest absolute Gasteiger partial charge is 0.234 e. The van der Waals surface area contributed by atoms with E-state index >= 15 is 0 Å². The van der Waals surface area contributed by atoms with Gasteiger partial charge in [0.15, 0.2) is 0 Å². The van der Waals surface area contributed by atoms with Crippen LogP contribution >= 0.6 is 0 Å². The molecule has 1 fully saturated rings. The normalized spacial score (nSPS) is 19.6. The second kappa shape index (κ2) is 7.41. The Morgan fingerprint density at radius 3 is 2.57 bits per heavy atom. The van der Waals surface area contributed by atoms with Crippen LogP contribution in [0.25, 0.3) is 0 Å². The molecule has 0 spiro atoms. The Morgan fingerprint density at radius 1 is 1.35 bits per heavy atom. The summed E-state index contributed by atoms with van der Waals surface area (Å²) in [6.45, 7) is 10.7. The van der Waals surface area contributed by atoms with Gasteiger partial charge in [0, 0.05) is 13.1 Å². The molecule has 4 nitrogen and oxygen atoms in total. The van der Waals surface area contributed by atoms with Gasteiger partial charge in [0.05, 0.1) is 24.8 Å². The van der Waals surface area contributed by atoms with Crippen molar-refractivity contribution in [1.29, 1.82) is 0 Å². The minimum absolute atomic E-state index is 0.00859. The zero-order chi connectivity index (χ0) is 17.0. The number of hydrogen-bond donors (Lipinski definition) is 1. The molecule has 23 heavy (non-hydrogen) atoms. The Hall–Kier alpha value is -1.46. The molecule has 2 rings (SSSR count). The quantitative estimate of drug-likeness (QED) is 0.906. The van der Waals surface area contributed by atoms with Gasteiger partial charge in [0.2, 0.25) is 5.91 Å². The molecule has 1 aromatic rings. The van der Waals surface area contributed by atoms with Crippen molar-refractivity contribution in [3.8, 4) is 0 Å². The van der Waals surface area contributed by atoms with E-state index in [0.717, 1.165) is 18.7 Å². The predicted octanol–water partition coefficient (Wildman–Crippen LogP) is 2.75. The van der Waals surface area contributed by atoms with Gasteiger partial charge in [-0.1, -0.05) is 26.0 Å². The first-order chi connectivity index (χ1) is 10.8. The number of benzene rings is 1. The van der Waals surface area contributed by atoms with Gasteiger partial charge in [-0.2, -0.15) is 0 Å². The Morgan fingerprint density at radius 2 is 2.00 bits per heavy atom. The first kappa shape index (κ1) is 17.9. The van der Waals surface area contributed by atoms with Gasteiger partial charge in [-0.25, -0.2) is 4.39 Å². The lowest BCUT2D eigenvalue weighted by atomic mass is 9.96. The second-order valence-corrected chi connectivity index (χ2v) is 7.16. The fourth-order valence-electron chi connectivity index (χ4n) is 2.98. The van der Waals surface area contributed by atoms with Crippen LogP contribution < -0.4 is 5.32 Å². The molecule has 1 aliphatic rings. The standard InChI is InChI=1S/C18H27FN2O2/c1-13(2)17(14-5-7-15(19)8-6-14)20-16(22)11-21-9-10-23-18(3,4)12-21/h5-8,13,17H,9-12H2,1-4H3,(H,20,22). The fourth-order valence-corrected chi connectivity index (χ4v) is 2.98. The number of ether oxygens (including phenoxy) is 1. The van der Waals surface area contributed by atoms with Crippen molar-refractivity contribution < 1.29 is 13.9 Å². The van der Waals surface area contributed by atoms with Crippen molar-refractivity contribution in [1.82, 2.24) is 10.2 Å². The highest BCUT2D eigenvalue weighted by Gasteiger charge is 2.28. The number of nitrogens with zero attached hydrogens (tertiary/aromatic N) is 1. The highest BCUT2D eigenvalue weighted by Crippen LogP contribution is 2.22. The molecule has 1 heterocycles. The van der Waals surface area contributed by atoms with E-state index in [4.69, 9.17) is 4.74 Å². The van der Waals surface area contributed by atoms with Gasteiger partial charge < -0.3 is 10.1 Å². The molecular formula is C18H27FN2O2. The van der Waals surface area contributed by atoms with Crippen molar-refractivity contribution in [3.05, 3.63) is 35.6 Å². The monoisotopic (exact) mass is 322 g/mol. The molecule has 1 amide bonds. The summed E-state index contributed by atoms with van der Waals surface area (Å²) in [7, 11) is 0. The molecule has 1 atom stereocenters. The summed E-state index contributed by atoms with van der Waals surface area (Å²) in [6.07, 6.45) is 0. The zero-order valence-corrected chi connectivity index (χ0v) is 14.4. The van der Waals surface area contributed by atoms with Crippen molar-refractivity contribution in [2.45, 2.75) is 39.3 Å². The van der Waals surface area contributed by atoms with Crippen LogP contribution in [0.15, 0.2) is 24.3 Å². The highest BCUT2D eigenvalue weighted by atomic mass is 19.1. The number of morpholine rings is 1. The van der Waals surface area contributed by atoms with Crippen molar-refractivity contribution in [3.63, 3.8) is 0 Å². The first-order valence-corrected chi connectivity index (χ1v) is 8.18. The number of rotatable bonds is 5. The van der Waals surface area contributed by atoms with Crippen LogP contribution in [-0.2, 0) is 9.53 Å². The minimum atomic E-state index is -0.266. The topological polar surface area (TPSA) is 41.6 Å². The van der Waals surface area contributed by atoms with Gasteiger partial charge in [-0.05, 0) is 37.5 Å². The second-order valence-electron chi connectivity index (χ2n) is 7.16. The average molecular weight is 322 g/mol. The summed E-state index contributed by atoms with van der Waals surface area (Å²) in [4.78, 5) is 14.5. The summed E-state index contributed by atoms with van der Waals surface area (Å²) in [5, 5.41) is 3.08. The summed E-state index contributed by atoms with van der Waals surface area (Å²) in [5.41, 5.74) is 0.712. The molecule has 1 unspecified atom stereocenters. The largest absolute Gasteiger partial charge is 0.373 e. The molecule has 128 valence electrons. The third-order valence-corrected chi connectivity index (χ3v) is 4.08. The number of carbonyl (C=O) groups excluding carboxylic acids is 1. The van der Waals surface area contributed by atoms with Crippen LogP contribution in [0.3, 0.4) is 0 Å². The van der Waals surface area contributed by atoms with E-state index < -0.39 is 0 Å². The number of amides is 1. The lowest BCUT2D eigenvalue weighted by Gasteiger charge is -2.38. The molecule has 0 aliphatic carbocycles. The van der Waals surface area contributed by atoms with Crippen LogP contribution in [-0.4, -0.2) is 42.6 Å². The molecule has 1 saturated heterocycles. The van der Waals surface area contributed by atoms with Gasteiger partial charge in [-0.3, -0.25) is 9.69 Å². The van der Waals surface area contributed by atoms with Crippen LogP contribution in [0.1, 0.15) is 39.3 Å². The van der Waals surface area contributed by atoms with E-state index in [1.807, 2.05) is 27.7 Å². The predicted molar refractivity (Wildman–Crippen MR) is 88.6 cm³/mol. The maximum atomic E-state index is 13.1. The number of carbonyl (C=O) groups is 1. The van der Waals surface area contributed by atoms with Crippen molar-refractivity contribution in [2.24, 2.45) is 5.92 Å². The van der Waals surface area contributed by atoms with E-state index in [2.05, 4.69) is 10.2 Å². The third kappa shape index (κ3) is 5.29. The molecule has 1 aromatic carbocycles. The Balaban J connectivity index is 1.97. The minimum Gasteiger partial charge on any atom is -0.373 e. The molecule has 5 heteroatoms. The van der Waals surface area contributed by atoms with Gasteiger partial charge in [0.1, 0.15) is 5.82 Å². The van der Waals surface area contributed by atoms with Crippen molar-refractivity contribution >= 4 is 5.91 Å². The molecule has 1 N–H and O–H groups in total. The summed E-state index contributed by atoms with van der Waals surface area (Å²) >= 11 is 0. The highest BCUT2D eigenvalue weighted by molar-refractivity contribution is 5.78. The van der Waals surface area contributed by atoms with E-state index in [-0.39, 0.29) is 29.3 Å². The van der Waals surface area contributed by atoms with Gasteiger partial charge >= 0.3 is 0 Å². The van der Waals surface area contributed by atoms with E-state index in [1.165, 1.54) is 12.1 Å². The third-order valence-electron chi connectivity index (χ3n) is 4.08. The molecule has 0 aromatic heterocycles. The lowest BCUT2D eigenvalue weighted by molar-refractivity contribution is -0.128. The van der Waals surface area contributed by atoms with Crippen molar-refractivity contribution in [2.75, 3.05) is 26.2 Å². The van der Waals surface area contributed by atoms with Crippen LogP contribution in [0.2, 0.25) is 0 Å². The van der Waals surface area contributed by atoms with Gasteiger partial charge in [-0.15, -0.1) is 0 Å². The SMILES string of the molecule is CC(C)C(NC(=O)CN1CCOC(C)(C)C1)c1ccc(F)cc1. The van der Waals surface area contributed by atoms with Gasteiger partial charge in [0.25, 0.3) is 0 Å². The molecule has 0 bridgehead atoms. The van der Waals surface area contributed by atoms with Crippen LogP contribution in [0, 0.1) is 11.7 Å². The molecule has 1 aliphatic heterocycles. The number of halogens is 1. The summed E-state index contributed by atoms with van der Waals surface area (Å²) in [5.74, 6) is -0.0469. The molecular weight excluding hydrogens is 295 g/mol. The van der Waals surface area contributed by atoms with E-state index in [1.54, 1.807) is 12.1 Å². The van der Waals surface area contributed by atoms with Crippen LogP contribution in [0.5, 0.6) is 0 Å². The maximum Gasteiger partial charge on any atom is 0.234 e. The molecule has 0 saturated carbocycles. The summed E-state index contributed by atoms with van der Waals surface area (Å²) < 4.78 is 18.8. The Bertz CT molecular complexity index is 528. The van der Waals surface area contributed by atoms with Crippen LogP contribution in [0.4, 0.5) is 4.39 Å². The summed E-state index contributed by atoms with van der Waals surface area (Å²) in [6, 6.07) is 6.22. The van der Waals surface area contributed by atoms with E-state index in [9.17, 15) is 9.18 Å². The molecule has 0 radical (unpaired) electrons. The number of hydrogen-bond acceptors (Lipinski definition) is 3. The van der Waals surface area contributed by atoms with E-state index in [0.29, 0.717) is 13.2 Å². The number of nitrogens with one attached hydrogen (secondary N) is 1.